The Hall–Kier alpha value is -1.10. The van der Waals surface area contributed by atoms with Crippen molar-refractivity contribution in [2.24, 2.45) is 11.3 Å². The molecular formula is C13H20N2O3. The SMILES string of the molecule is CNC(=O)C1(C(=O)N2C3CCC2C(CO)C3)CC1. The maximum Gasteiger partial charge on any atom is 0.238 e. The number of rotatable bonds is 3. The Morgan fingerprint density at radius 1 is 1.39 bits per heavy atom. The van der Waals surface area contributed by atoms with Crippen LogP contribution in [0.5, 0.6) is 0 Å². The molecule has 2 amide bonds. The summed E-state index contributed by atoms with van der Waals surface area (Å²) in [5, 5.41) is 12.0. The molecule has 3 rings (SSSR count). The number of fused-ring (bicyclic) bond motifs is 2. The number of hydrogen-bond acceptors (Lipinski definition) is 3. The van der Waals surface area contributed by atoms with Gasteiger partial charge >= 0.3 is 0 Å². The van der Waals surface area contributed by atoms with E-state index in [2.05, 4.69) is 5.32 Å². The maximum absolute atomic E-state index is 12.6. The Morgan fingerprint density at radius 2 is 2.11 bits per heavy atom. The molecule has 0 spiro atoms. The average molecular weight is 252 g/mol. The standard InChI is InChI=1S/C13H20N2O3/c1-14-11(17)13(4-5-13)12(18)15-9-2-3-10(15)8(6-9)7-16/h8-10,16H,2-7H2,1H3,(H,14,17). The zero-order valence-electron chi connectivity index (χ0n) is 10.7. The first-order chi connectivity index (χ1) is 8.64. The van der Waals surface area contributed by atoms with Crippen LogP contribution in [-0.2, 0) is 9.59 Å². The lowest BCUT2D eigenvalue weighted by Gasteiger charge is -2.27. The summed E-state index contributed by atoms with van der Waals surface area (Å²) in [5.74, 6) is 0.0813. The molecule has 3 aliphatic rings. The van der Waals surface area contributed by atoms with E-state index in [-0.39, 0.29) is 36.4 Å². The van der Waals surface area contributed by atoms with E-state index in [1.165, 1.54) is 0 Å². The van der Waals surface area contributed by atoms with Gasteiger partial charge in [-0.15, -0.1) is 0 Å². The van der Waals surface area contributed by atoms with Gasteiger partial charge in [0.05, 0.1) is 0 Å². The van der Waals surface area contributed by atoms with Crippen molar-refractivity contribution < 1.29 is 14.7 Å². The molecule has 3 atom stereocenters. The molecule has 100 valence electrons. The van der Waals surface area contributed by atoms with Crippen molar-refractivity contribution in [2.75, 3.05) is 13.7 Å². The summed E-state index contributed by atoms with van der Waals surface area (Å²) in [6.07, 6.45) is 4.25. The normalized spacial score (nSPS) is 35.7. The molecule has 0 aromatic rings. The summed E-state index contributed by atoms with van der Waals surface area (Å²) < 4.78 is 0. The van der Waals surface area contributed by atoms with Crippen LogP contribution in [0.1, 0.15) is 32.1 Å². The Morgan fingerprint density at radius 3 is 2.61 bits per heavy atom. The van der Waals surface area contributed by atoms with Gasteiger partial charge in [0.1, 0.15) is 5.41 Å². The van der Waals surface area contributed by atoms with E-state index >= 15 is 0 Å². The van der Waals surface area contributed by atoms with Crippen LogP contribution < -0.4 is 5.32 Å². The summed E-state index contributed by atoms with van der Waals surface area (Å²) >= 11 is 0. The molecule has 2 heterocycles. The Labute approximate surface area is 107 Å². The average Bonchev–Trinajstić information content (AvgIpc) is 3.02. The van der Waals surface area contributed by atoms with Crippen LogP contribution in [0, 0.1) is 11.3 Å². The van der Waals surface area contributed by atoms with Gasteiger partial charge in [-0.25, -0.2) is 0 Å². The Balaban J connectivity index is 1.80. The lowest BCUT2D eigenvalue weighted by molar-refractivity contribution is -0.145. The number of hydrogen-bond donors (Lipinski definition) is 2. The van der Waals surface area contributed by atoms with Crippen LogP contribution in [0.15, 0.2) is 0 Å². The number of carbonyl (C=O) groups is 2. The van der Waals surface area contributed by atoms with Gasteiger partial charge in [0.25, 0.3) is 0 Å². The second-order valence-electron chi connectivity index (χ2n) is 5.85. The van der Waals surface area contributed by atoms with Crippen molar-refractivity contribution in [1.82, 2.24) is 10.2 Å². The van der Waals surface area contributed by atoms with Crippen molar-refractivity contribution >= 4 is 11.8 Å². The minimum Gasteiger partial charge on any atom is -0.396 e. The van der Waals surface area contributed by atoms with E-state index in [0.29, 0.717) is 12.8 Å². The zero-order valence-corrected chi connectivity index (χ0v) is 10.7. The molecule has 0 aromatic heterocycles. The molecule has 1 saturated carbocycles. The van der Waals surface area contributed by atoms with Crippen molar-refractivity contribution in [3.63, 3.8) is 0 Å². The third-order valence-corrected chi connectivity index (χ3v) is 4.96. The molecule has 0 radical (unpaired) electrons. The van der Waals surface area contributed by atoms with Crippen molar-refractivity contribution in [3.05, 3.63) is 0 Å². The van der Waals surface area contributed by atoms with Crippen LogP contribution >= 0.6 is 0 Å². The fourth-order valence-electron chi connectivity index (χ4n) is 3.77. The highest BCUT2D eigenvalue weighted by atomic mass is 16.3. The van der Waals surface area contributed by atoms with E-state index in [1.807, 2.05) is 4.90 Å². The van der Waals surface area contributed by atoms with Crippen LogP contribution in [0.25, 0.3) is 0 Å². The minimum atomic E-state index is -0.778. The summed E-state index contributed by atoms with van der Waals surface area (Å²) in [7, 11) is 1.59. The largest absolute Gasteiger partial charge is 0.396 e. The molecule has 1 aliphatic carbocycles. The monoisotopic (exact) mass is 252 g/mol. The van der Waals surface area contributed by atoms with Crippen LogP contribution in [0.4, 0.5) is 0 Å². The van der Waals surface area contributed by atoms with Crippen LogP contribution in [0.2, 0.25) is 0 Å². The van der Waals surface area contributed by atoms with E-state index < -0.39 is 5.41 Å². The van der Waals surface area contributed by atoms with Crippen LogP contribution in [0.3, 0.4) is 0 Å². The molecule has 5 heteroatoms. The number of amides is 2. The second-order valence-corrected chi connectivity index (χ2v) is 5.85. The summed E-state index contributed by atoms with van der Waals surface area (Å²) in [5.41, 5.74) is -0.778. The van der Waals surface area contributed by atoms with E-state index in [0.717, 1.165) is 19.3 Å². The zero-order chi connectivity index (χ0) is 12.9. The minimum absolute atomic E-state index is 0.00491. The van der Waals surface area contributed by atoms with Gasteiger partial charge in [0.2, 0.25) is 11.8 Å². The first-order valence-electron chi connectivity index (χ1n) is 6.80. The van der Waals surface area contributed by atoms with Gasteiger partial charge in [-0.3, -0.25) is 9.59 Å². The molecule has 2 bridgehead atoms. The number of nitrogens with one attached hydrogen (secondary N) is 1. The maximum atomic E-state index is 12.6. The lowest BCUT2D eigenvalue weighted by atomic mass is 9.90. The Bertz CT molecular complexity index is 392. The van der Waals surface area contributed by atoms with Gasteiger partial charge in [-0.2, -0.15) is 0 Å². The number of carbonyl (C=O) groups excluding carboxylic acids is 2. The van der Waals surface area contributed by atoms with Gasteiger partial charge in [-0.05, 0) is 32.1 Å². The van der Waals surface area contributed by atoms with Crippen molar-refractivity contribution in [1.29, 1.82) is 0 Å². The fraction of sp³-hybridized carbons (Fsp3) is 0.846. The third-order valence-electron chi connectivity index (χ3n) is 4.96. The molecule has 0 aromatic carbocycles. The second kappa shape index (κ2) is 3.95. The smallest absolute Gasteiger partial charge is 0.238 e. The van der Waals surface area contributed by atoms with Gasteiger partial charge in [-0.1, -0.05) is 0 Å². The topological polar surface area (TPSA) is 69.6 Å². The van der Waals surface area contributed by atoms with Crippen molar-refractivity contribution in [2.45, 2.75) is 44.2 Å². The molecule has 2 saturated heterocycles. The van der Waals surface area contributed by atoms with Crippen LogP contribution in [-0.4, -0.2) is 47.6 Å². The Kier molecular flexibility index (Phi) is 2.62. The highest BCUT2D eigenvalue weighted by Gasteiger charge is 2.61. The predicted molar refractivity (Wildman–Crippen MR) is 64.6 cm³/mol. The molecule has 3 unspecified atom stereocenters. The summed E-state index contributed by atoms with van der Waals surface area (Å²) in [6, 6.07) is 0.413. The lowest BCUT2D eigenvalue weighted by Crippen LogP contribution is -2.47. The summed E-state index contributed by atoms with van der Waals surface area (Å²) in [4.78, 5) is 26.4. The number of aliphatic hydroxyl groups excluding tert-OH is 1. The fourth-order valence-corrected chi connectivity index (χ4v) is 3.77. The third kappa shape index (κ3) is 1.43. The first kappa shape index (κ1) is 12.0. The molecule has 2 N–H and O–H groups in total. The highest BCUT2D eigenvalue weighted by molar-refractivity contribution is 6.08. The summed E-state index contributed by atoms with van der Waals surface area (Å²) in [6.45, 7) is 0.151. The van der Waals surface area contributed by atoms with Gasteiger partial charge < -0.3 is 15.3 Å². The van der Waals surface area contributed by atoms with E-state index in [1.54, 1.807) is 7.05 Å². The van der Waals surface area contributed by atoms with Gasteiger partial charge in [0.15, 0.2) is 0 Å². The molecular weight excluding hydrogens is 232 g/mol. The first-order valence-corrected chi connectivity index (χ1v) is 6.80. The van der Waals surface area contributed by atoms with E-state index in [9.17, 15) is 14.7 Å². The van der Waals surface area contributed by atoms with Gasteiger partial charge in [0, 0.05) is 31.7 Å². The molecule has 3 fully saturated rings. The number of aliphatic hydroxyl groups is 1. The molecule has 5 nitrogen and oxygen atoms in total. The molecule has 18 heavy (non-hydrogen) atoms. The molecule has 2 aliphatic heterocycles. The van der Waals surface area contributed by atoms with Crippen molar-refractivity contribution in [3.8, 4) is 0 Å². The van der Waals surface area contributed by atoms with E-state index in [4.69, 9.17) is 0 Å². The highest BCUT2D eigenvalue weighted by Crippen LogP contribution is 2.52. The quantitative estimate of drug-likeness (QED) is 0.688. The predicted octanol–water partition coefficient (Wildman–Crippen LogP) is -0.116. The number of nitrogens with zero attached hydrogens (tertiary/aromatic N) is 1.